The van der Waals surface area contributed by atoms with Gasteiger partial charge in [0.25, 0.3) is 0 Å². The van der Waals surface area contributed by atoms with Crippen LogP contribution in [0.1, 0.15) is 31.9 Å². The minimum Gasteiger partial charge on any atom is -0.395 e. The Balaban J connectivity index is 1.98. The van der Waals surface area contributed by atoms with Crippen molar-refractivity contribution in [1.82, 2.24) is 9.88 Å². The summed E-state index contributed by atoms with van der Waals surface area (Å²) < 4.78 is 0. The third-order valence-electron chi connectivity index (χ3n) is 3.51. The first-order valence-electron chi connectivity index (χ1n) is 6.88. The van der Waals surface area contributed by atoms with E-state index in [1.54, 1.807) is 0 Å². The van der Waals surface area contributed by atoms with Crippen molar-refractivity contribution in [3.8, 4) is 0 Å². The fourth-order valence-electron chi connectivity index (χ4n) is 2.33. The molecule has 0 amide bonds. The minimum absolute atomic E-state index is 0.226. The summed E-state index contributed by atoms with van der Waals surface area (Å²) in [6, 6.07) is 6.73. The van der Waals surface area contributed by atoms with Gasteiger partial charge in [0.15, 0.2) is 0 Å². The Bertz CT molecular complexity index is 366. The summed E-state index contributed by atoms with van der Waals surface area (Å²) in [6.45, 7) is 4.77. The highest BCUT2D eigenvalue weighted by Gasteiger charge is 2.24. The Hall–Kier alpha value is -1.13. The maximum absolute atomic E-state index is 9.15. The van der Waals surface area contributed by atoms with Gasteiger partial charge in [0, 0.05) is 25.7 Å². The number of pyridine rings is 1. The van der Waals surface area contributed by atoms with Crippen LogP contribution in [0.15, 0.2) is 18.2 Å². The predicted octanol–water partition coefficient (Wildman–Crippen LogP) is 1.86. The van der Waals surface area contributed by atoms with E-state index in [9.17, 15) is 0 Å². The summed E-state index contributed by atoms with van der Waals surface area (Å²) in [5, 5.41) is 12.4. The van der Waals surface area contributed by atoms with Crippen LogP contribution in [0.5, 0.6) is 0 Å². The van der Waals surface area contributed by atoms with E-state index in [4.69, 9.17) is 5.11 Å². The van der Waals surface area contributed by atoms with Crippen LogP contribution in [0.25, 0.3) is 0 Å². The molecule has 0 radical (unpaired) electrons. The van der Waals surface area contributed by atoms with Crippen LogP contribution >= 0.6 is 0 Å². The summed E-state index contributed by atoms with van der Waals surface area (Å²) in [6.07, 6.45) is 3.83. The van der Waals surface area contributed by atoms with Gasteiger partial charge in [0.2, 0.25) is 0 Å². The lowest BCUT2D eigenvalue weighted by Gasteiger charge is -2.37. The number of hydrogen-bond donors (Lipinski definition) is 2. The molecule has 0 spiro atoms. The lowest BCUT2D eigenvalue weighted by atomic mass is 9.91. The van der Waals surface area contributed by atoms with Crippen molar-refractivity contribution in [2.75, 3.05) is 25.0 Å². The fraction of sp³-hybridized carbons (Fsp3) is 0.643. The molecule has 1 fully saturated rings. The third-order valence-corrected chi connectivity index (χ3v) is 3.51. The molecule has 2 N–H and O–H groups in total. The molecule has 4 nitrogen and oxygen atoms in total. The van der Waals surface area contributed by atoms with Gasteiger partial charge in [-0.3, -0.25) is 4.90 Å². The number of hydrogen-bond acceptors (Lipinski definition) is 4. The Morgan fingerprint density at radius 2 is 2.28 bits per heavy atom. The summed E-state index contributed by atoms with van der Waals surface area (Å²) in [5.74, 6) is 0.938. The standard InChI is InChI=1S/C14H23N3O/c1-2-15-14-8-3-5-12(16-14)11-17(9-10-18)13-6-4-7-13/h3,5,8,13,18H,2,4,6-7,9-11H2,1H3,(H,15,16). The number of aliphatic hydroxyl groups excluding tert-OH is 1. The Morgan fingerprint density at radius 1 is 1.44 bits per heavy atom. The van der Waals surface area contributed by atoms with Crippen LogP contribution in [0.3, 0.4) is 0 Å². The molecule has 0 saturated heterocycles. The SMILES string of the molecule is CCNc1cccc(CN(CCO)C2CCC2)n1. The van der Waals surface area contributed by atoms with Crippen molar-refractivity contribution in [2.45, 2.75) is 38.8 Å². The van der Waals surface area contributed by atoms with Crippen molar-refractivity contribution < 1.29 is 5.11 Å². The average Bonchev–Trinajstić information content (AvgIpc) is 2.28. The van der Waals surface area contributed by atoms with Gasteiger partial charge in [-0.1, -0.05) is 12.5 Å². The molecule has 0 aromatic carbocycles. The van der Waals surface area contributed by atoms with Gasteiger partial charge in [-0.05, 0) is 31.9 Å². The van der Waals surface area contributed by atoms with E-state index in [0.29, 0.717) is 6.04 Å². The molecule has 0 aliphatic heterocycles. The largest absolute Gasteiger partial charge is 0.395 e. The molecule has 1 aromatic rings. The summed E-state index contributed by atoms with van der Waals surface area (Å²) in [7, 11) is 0. The van der Waals surface area contributed by atoms with Crippen molar-refractivity contribution in [3.63, 3.8) is 0 Å². The van der Waals surface area contributed by atoms with Crippen molar-refractivity contribution in [1.29, 1.82) is 0 Å². The van der Waals surface area contributed by atoms with Crippen LogP contribution in [0.4, 0.5) is 5.82 Å². The second-order valence-electron chi connectivity index (χ2n) is 4.82. The number of rotatable bonds is 7. The quantitative estimate of drug-likeness (QED) is 0.774. The number of aliphatic hydroxyl groups is 1. The van der Waals surface area contributed by atoms with E-state index in [0.717, 1.165) is 31.1 Å². The fourth-order valence-corrected chi connectivity index (χ4v) is 2.33. The zero-order valence-corrected chi connectivity index (χ0v) is 11.1. The van der Waals surface area contributed by atoms with Gasteiger partial charge in [-0.2, -0.15) is 0 Å². The Labute approximate surface area is 109 Å². The van der Waals surface area contributed by atoms with E-state index < -0.39 is 0 Å². The van der Waals surface area contributed by atoms with E-state index in [-0.39, 0.29) is 6.61 Å². The molecular formula is C14H23N3O. The third kappa shape index (κ3) is 3.43. The zero-order valence-electron chi connectivity index (χ0n) is 11.1. The van der Waals surface area contributed by atoms with Crippen molar-refractivity contribution in [3.05, 3.63) is 23.9 Å². The maximum Gasteiger partial charge on any atom is 0.126 e. The first-order valence-corrected chi connectivity index (χ1v) is 6.88. The highest BCUT2D eigenvalue weighted by Crippen LogP contribution is 2.25. The monoisotopic (exact) mass is 249 g/mol. The first kappa shape index (κ1) is 13.3. The second kappa shape index (κ2) is 6.71. The second-order valence-corrected chi connectivity index (χ2v) is 4.82. The van der Waals surface area contributed by atoms with Crippen molar-refractivity contribution in [2.24, 2.45) is 0 Å². The van der Waals surface area contributed by atoms with Gasteiger partial charge >= 0.3 is 0 Å². The molecule has 1 aromatic heterocycles. The van der Waals surface area contributed by atoms with E-state index in [2.05, 4.69) is 28.2 Å². The smallest absolute Gasteiger partial charge is 0.126 e. The maximum atomic E-state index is 9.15. The predicted molar refractivity (Wildman–Crippen MR) is 73.5 cm³/mol. The van der Waals surface area contributed by atoms with Gasteiger partial charge in [-0.25, -0.2) is 4.98 Å². The molecule has 18 heavy (non-hydrogen) atoms. The van der Waals surface area contributed by atoms with Gasteiger partial charge in [-0.15, -0.1) is 0 Å². The normalized spacial score (nSPS) is 15.7. The molecular weight excluding hydrogens is 226 g/mol. The van der Waals surface area contributed by atoms with Crippen molar-refractivity contribution >= 4 is 5.82 Å². The molecule has 2 rings (SSSR count). The van der Waals surface area contributed by atoms with Crippen LogP contribution in [-0.2, 0) is 6.54 Å². The molecule has 0 atom stereocenters. The van der Waals surface area contributed by atoms with Crippen LogP contribution in [-0.4, -0.2) is 40.7 Å². The zero-order chi connectivity index (χ0) is 12.8. The number of nitrogens with zero attached hydrogens (tertiary/aromatic N) is 2. The van der Waals surface area contributed by atoms with E-state index in [1.807, 2.05) is 12.1 Å². The van der Waals surface area contributed by atoms with Crippen LogP contribution < -0.4 is 5.32 Å². The minimum atomic E-state index is 0.226. The highest BCUT2D eigenvalue weighted by molar-refractivity contribution is 5.34. The molecule has 0 bridgehead atoms. The van der Waals surface area contributed by atoms with Crippen LogP contribution in [0, 0.1) is 0 Å². The van der Waals surface area contributed by atoms with Crippen LogP contribution in [0.2, 0.25) is 0 Å². The van der Waals surface area contributed by atoms with Gasteiger partial charge < -0.3 is 10.4 Å². The lowest BCUT2D eigenvalue weighted by Crippen LogP contribution is -2.41. The number of anilines is 1. The summed E-state index contributed by atoms with van der Waals surface area (Å²) in [4.78, 5) is 6.94. The topological polar surface area (TPSA) is 48.4 Å². The lowest BCUT2D eigenvalue weighted by molar-refractivity contribution is 0.0934. The summed E-state index contributed by atoms with van der Waals surface area (Å²) >= 11 is 0. The molecule has 4 heteroatoms. The summed E-state index contributed by atoms with van der Waals surface area (Å²) in [5.41, 5.74) is 1.08. The van der Waals surface area contributed by atoms with E-state index in [1.165, 1.54) is 19.3 Å². The van der Waals surface area contributed by atoms with E-state index >= 15 is 0 Å². The average molecular weight is 249 g/mol. The Kier molecular flexibility index (Phi) is 4.96. The number of aromatic nitrogens is 1. The number of nitrogens with one attached hydrogen (secondary N) is 1. The molecule has 1 aliphatic carbocycles. The van der Waals surface area contributed by atoms with Gasteiger partial charge in [0.1, 0.15) is 5.82 Å². The highest BCUT2D eigenvalue weighted by atomic mass is 16.3. The van der Waals surface area contributed by atoms with Gasteiger partial charge in [0.05, 0.1) is 12.3 Å². The molecule has 1 heterocycles. The molecule has 1 saturated carbocycles. The Morgan fingerprint density at radius 3 is 2.89 bits per heavy atom. The molecule has 0 unspecified atom stereocenters. The molecule has 1 aliphatic rings. The molecule has 100 valence electrons. The first-order chi connectivity index (χ1) is 8.83.